The first-order valence-corrected chi connectivity index (χ1v) is 13.2. The molecular weight excluding hydrogens is 482 g/mol. The lowest BCUT2D eigenvalue weighted by atomic mass is 10.2. The van der Waals surface area contributed by atoms with E-state index in [1.165, 1.54) is 34.3 Å². The lowest BCUT2D eigenvalue weighted by molar-refractivity contribution is -0.118. The van der Waals surface area contributed by atoms with Gasteiger partial charge in [-0.25, -0.2) is 5.43 Å². The Balaban J connectivity index is 1.39. The highest BCUT2D eigenvalue weighted by Crippen LogP contribution is 2.30. The van der Waals surface area contributed by atoms with E-state index in [1.807, 2.05) is 36.4 Å². The molecule has 0 spiro atoms. The molecule has 3 aromatic rings. The van der Waals surface area contributed by atoms with E-state index >= 15 is 0 Å². The largest absolute Gasteiger partial charge is 0.372 e. The van der Waals surface area contributed by atoms with Gasteiger partial charge in [0.1, 0.15) is 0 Å². The standard InChI is InChI=1S/C22H24ClN5OS3/c1-3-28(4-2)19-11-7-16(8-12-19)13-24-25-20(29)15-31-22-27-26-21(32-22)30-14-17-5-9-18(23)10-6-17/h5-13H,3-4,14-15H2,1-2H3,(H,25,29)/b24-13+. The molecule has 0 aliphatic heterocycles. The lowest BCUT2D eigenvalue weighted by Crippen LogP contribution is -2.21. The number of benzene rings is 2. The number of anilines is 1. The number of hydrazone groups is 1. The second-order valence-corrected chi connectivity index (χ2v) is 10.5. The van der Waals surface area contributed by atoms with E-state index in [2.05, 4.69) is 51.6 Å². The van der Waals surface area contributed by atoms with Crippen molar-refractivity contribution in [2.45, 2.75) is 28.3 Å². The number of hydrogen-bond donors (Lipinski definition) is 1. The summed E-state index contributed by atoms with van der Waals surface area (Å²) in [6, 6.07) is 15.8. The highest BCUT2D eigenvalue weighted by Gasteiger charge is 2.09. The number of carbonyl (C=O) groups excluding carboxylic acids is 1. The first-order valence-electron chi connectivity index (χ1n) is 10.1. The molecule has 0 saturated heterocycles. The maximum absolute atomic E-state index is 12.1. The third-order valence-electron chi connectivity index (χ3n) is 4.41. The number of amides is 1. The number of aromatic nitrogens is 2. The fraction of sp³-hybridized carbons (Fsp3) is 0.273. The van der Waals surface area contributed by atoms with Crippen LogP contribution in [-0.2, 0) is 10.5 Å². The molecule has 6 nitrogen and oxygen atoms in total. The summed E-state index contributed by atoms with van der Waals surface area (Å²) in [4.78, 5) is 14.3. The van der Waals surface area contributed by atoms with Gasteiger partial charge in [-0.3, -0.25) is 4.79 Å². The van der Waals surface area contributed by atoms with Crippen molar-refractivity contribution in [3.8, 4) is 0 Å². The minimum Gasteiger partial charge on any atom is -0.372 e. The maximum Gasteiger partial charge on any atom is 0.250 e. The predicted octanol–water partition coefficient (Wildman–Crippen LogP) is 5.57. The summed E-state index contributed by atoms with van der Waals surface area (Å²) in [7, 11) is 0. The number of nitrogens with zero attached hydrogens (tertiary/aromatic N) is 4. The second kappa shape index (κ2) is 12.8. The van der Waals surface area contributed by atoms with Crippen LogP contribution in [0.3, 0.4) is 0 Å². The fourth-order valence-electron chi connectivity index (χ4n) is 2.74. The Hall–Kier alpha value is -2.07. The molecule has 0 aliphatic carbocycles. The first kappa shape index (κ1) is 24.6. The van der Waals surface area contributed by atoms with E-state index in [-0.39, 0.29) is 11.7 Å². The molecule has 0 saturated carbocycles. The summed E-state index contributed by atoms with van der Waals surface area (Å²) in [6.07, 6.45) is 1.64. The molecule has 32 heavy (non-hydrogen) atoms. The summed E-state index contributed by atoms with van der Waals surface area (Å²) in [5.41, 5.74) is 5.84. The molecule has 1 heterocycles. The molecule has 168 valence electrons. The average Bonchev–Trinajstić information content (AvgIpc) is 3.27. The zero-order valence-electron chi connectivity index (χ0n) is 17.8. The Morgan fingerprint density at radius 3 is 2.38 bits per heavy atom. The Morgan fingerprint density at radius 1 is 1.06 bits per heavy atom. The summed E-state index contributed by atoms with van der Waals surface area (Å²) in [6.45, 7) is 6.20. The normalized spacial score (nSPS) is 11.1. The van der Waals surface area contributed by atoms with E-state index in [4.69, 9.17) is 11.6 Å². The van der Waals surface area contributed by atoms with Crippen molar-refractivity contribution in [1.82, 2.24) is 15.6 Å². The molecule has 1 N–H and O–H groups in total. The van der Waals surface area contributed by atoms with E-state index in [0.717, 1.165) is 38.1 Å². The van der Waals surface area contributed by atoms with Gasteiger partial charge in [0.05, 0.1) is 12.0 Å². The molecule has 0 bridgehead atoms. The molecule has 0 unspecified atom stereocenters. The van der Waals surface area contributed by atoms with Gasteiger partial charge in [0.15, 0.2) is 8.68 Å². The number of rotatable bonds is 11. The van der Waals surface area contributed by atoms with Crippen molar-refractivity contribution < 1.29 is 4.79 Å². The van der Waals surface area contributed by atoms with Crippen LogP contribution in [0.15, 0.2) is 62.3 Å². The summed E-state index contributed by atoms with van der Waals surface area (Å²) < 4.78 is 1.63. The number of nitrogens with one attached hydrogen (secondary N) is 1. The first-order chi connectivity index (χ1) is 15.6. The second-order valence-electron chi connectivity index (χ2n) is 6.59. The molecule has 3 rings (SSSR count). The van der Waals surface area contributed by atoms with E-state index in [9.17, 15) is 4.79 Å². The quantitative estimate of drug-likeness (QED) is 0.208. The van der Waals surface area contributed by atoms with Crippen LogP contribution in [0.1, 0.15) is 25.0 Å². The van der Waals surface area contributed by atoms with Gasteiger partial charge in [0.2, 0.25) is 0 Å². The van der Waals surface area contributed by atoms with Gasteiger partial charge in [-0.05, 0) is 49.2 Å². The van der Waals surface area contributed by atoms with Crippen LogP contribution in [-0.4, -0.2) is 41.2 Å². The SMILES string of the molecule is CCN(CC)c1ccc(/C=N/NC(=O)CSc2nnc(SCc3ccc(Cl)cc3)s2)cc1. The number of hydrogen-bond acceptors (Lipinski definition) is 8. The van der Waals surface area contributed by atoms with Gasteiger partial charge >= 0.3 is 0 Å². The third kappa shape index (κ3) is 7.81. The third-order valence-corrected chi connectivity index (χ3v) is 7.93. The highest BCUT2D eigenvalue weighted by atomic mass is 35.5. The maximum atomic E-state index is 12.1. The van der Waals surface area contributed by atoms with Crippen molar-refractivity contribution in [2.24, 2.45) is 5.10 Å². The minimum absolute atomic E-state index is 0.184. The summed E-state index contributed by atoms with van der Waals surface area (Å²) >= 11 is 10.4. The molecule has 0 aliphatic rings. The Bertz CT molecular complexity index is 1020. The van der Waals surface area contributed by atoms with Crippen LogP contribution in [0.2, 0.25) is 5.02 Å². The van der Waals surface area contributed by atoms with Gasteiger partial charge in [0.25, 0.3) is 5.91 Å². The van der Waals surface area contributed by atoms with Crippen LogP contribution in [0.4, 0.5) is 5.69 Å². The summed E-state index contributed by atoms with van der Waals surface area (Å²) in [5, 5.41) is 13.1. The molecule has 1 aromatic heterocycles. The fourth-order valence-corrected chi connectivity index (χ4v) is 5.63. The van der Waals surface area contributed by atoms with Crippen molar-refractivity contribution in [2.75, 3.05) is 23.7 Å². The van der Waals surface area contributed by atoms with Gasteiger partial charge < -0.3 is 4.90 Å². The number of thioether (sulfide) groups is 2. The molecule has 0 fully saturated rings. The highest BCUT2D eigenvalue weighted by molar-refractivity contribution is 8.03. The van der Waals surface area contributed by atoms with Crippen molar-refractivity contribution in [3.05, 3.63) is 64.7 Å². The molecule has 1 amide bonds. The Kier molecular flexibility index (Phi) is 9.86. The van der Waals surface area contributed by atoms with Crippen molar-refractivity contribution >= 4 is 64.3 Å². The molecular formula is C22H24ClN5OS3. The van der Waals surface area contributed by atoms with Crippen LogP contribution in [0.25, 0.3) is 0 Å². The monoisotopic (exact) mass is 505 g/mol. The molecule has 10 heteroatoms. The van der Waals surface area contributed by atoms with Crippen LogP contribution >= 0.6 is 46.5 Å². The average molecular weight is 506 g/mol. The van der Waals surface area contributed by atoms with Crippen LogP contribution in [0, 0.1) is 0 Å². The lowest BCUT2D eigenvalue weighted by Gasteiger charge is -2.20. The molecule has 0 radical (unpaired) electrons. The van der Waals surface area contributed by atoms with Crippen LogP contribution < -0.4 is 10.3 Å². The molecule has 2 aromatic carbocycles. The number of halogens is 1. The Morgan fingerprint density at radius 2 is 1.72 bits per heavy atom. The smallest absolute Gasteiger partial charge is 0.250 e. The van der Waals surface area contributed by atoms with E-state index < -0.39 is 0 Å². The van der Waals surface area contributed by atoms with Gasteiger partial charge in [-0.2, -0.15) is 5.10 Å². The van der Waals surface area contributed by atoms with Gasteiger partial charge in [-0.15, -0.1) is 10.2 Å². The molecule has 0 atom stereocenters. The minimum atomic E-state index is -0.184. The summed E-state index contributed by atoms with van der Waals surface area (Å²) in [5.74, 6) is 0.840. The Labute approximate surface area is 205 Å². The predicted molar refractivity (Wildman–Crippen MR) is 137 cm³/mol. The van der Waals surface area contributed by atoms with Gasteiger partial charge in [-0.1, -0.05) is 70.7 Å². The van der Waals surface area contributed by atoms with Crippen LogP contribution in [0.5, 0.6) is 0 Å². The zero-order valence-corrected chi connectivity index (χ0v) is 21.0. The van der Waals surface area contributed by atoms with Crippen molar-refractivity contribution in [1.29, 1.82) is 0 Å². The van der Waals surface area contributed by atoms with Gasteiger partial charge in [0, 0.05) is 29.6 Å². The van der Waals surface area contributed by atoms with E-state index in [1.54, 1.807) is 18.0 Å². The zero-order chi connectivity index (χ0) is 22.8. The number of carbonyl (C=O) groups is 1. The van der Waals surface area contributed by atoms with Crippen molar-refractivity contribution in [3.63, 3.8) is 0 Å². The van der Waals surface area contributed by atoms with E-state index in [0.29, 0.717) is 0 Å². The topological polar surface area (TPSA) is 70.5 Å².